The molecule has 82 valence electrons. The summed E-state index contributed by atoms with van der Waals surface area (Å²) >= 11 is 0. The predicted octanol–water partition coefficient (Wildman–Crippen LogP) is 2.62. The maximum absolute atomic E-state index is 11.5. The van der Waals surface area contributed by atoms with E-state index in [1.54, 1.807) is 18.2 Å². The van der Waals surface area contributed by atoms with Gasteiger partial charge in [0.1, 0.15) is 11.2 Å². The Morgan fingerprint density at radius 3 is 2.40 bits per heavy atom. The van der Waals surface area contributed by atoms with Crippen molar-refractivity contribution in [3.05, 3.63) is 42.2 Å². The van der Waals surface area contributed by atoms with Crippen molar-refractivity contribution >= 4 is 10.1 Å². The number of aryl methyl sites for hydroxylation is 1. The summed E-state index contributed by atoms with van der Waals surface area (Å²) in [7, 11) is -3.64. The third-order valence-corrected chi connectivity index (χ3v) is 3.04. The van der Waals surface area contributed by atoms with Gasteiger partial charge in [-0.1, -0.05) is 24.6 Å². The summed E-state index contributed by atoms with van der Waals surface area (Å²) in [5.41, 5.74) is 1.01. The van der Waals surface area contributed by atoms with E-state index in [0.29, 0.717) is 0 Å². The van der Waals surface area contributed by atoms with Gasteiger partial charge in [0.25, 0.3) is 0 Å². The molecule has 0 fully saturated rings. The maximum atomic E-state index is 11.5. The van der Waals surface area contributed by atoms with Gasteiger partial charge in [-0.05, 0) is 31.6 Å². The van der Waals surface area contributed by atoms with Crippen molar-refractivity contribution in [1.29, 1.82) is 0 Å². The van der Waals surface area contributed by atoms with Crippen molar-refractivity contribution in [3.8, 4) is 0 Å². The van der Waals surface area contributed by atoms with Crippen LogP contribution in [0.4, 0.5) is 0 Å². The Labute approximate surface area is 90.5 Å². The zero-order valence-corrected chi connectivity index (χ0v) is 9.62. The van der Waals surface area contributed by atoms with E-state index in [9.17, 15) is 8.42 Å². The largest absolute Gasteiger partial charge is 0.387 e. The van der Waals surface area contributed by atoms with Gasteiger partial charge in [-0.2, -0.15) is 8.42 Å². The molecule has 0 spiro atoms. The molecule has 4 heteroatoms. The maximum Gasteiger partial charge on any atom is 0.338 e. The Kier molecular flexibility index (Phi) is 3.91. The fourth-order valence-corrected chi connectivity index (χ4v) is 1.77. The Balaban J connectivity index is 2.87. The van der Waals surface area contributed by atoms with Crippen LogP contribution in [0.2, 0.25) is 0 Å². The Morgan fingerprint density at radius 2 is 1.87 bits per heavy atom. The molecule has 0 aromatic heterocycles. The number of allylic oxidation sites excluding steroid dienone is 1. The molecule has 3 nitrogen and oxygen atoms in total. The zero-order chi connectivity index (χ0) is 11.3. The second kappa shape index (κ2) is 4.98. The molecule has 0 N–H and O–H groups in total. The molecule has 0 atom stereocenters. The quantitative estimate of drug-likeness (QED) is 0.585. The van der Waals surface area contributed by atoms with E-state index < -0.39 is 10.1 Å². The highest BCUT2D eigenvalue weighted by atomic mass is 32.2. The summed E-state index contributed by atoms with van der Waals surface area (Å²) in [6.07, 6.45) is 3.59. The van der Waals surface area contributed by atoms with Crippen molar-refractivity contribution in [3.63, 3.8) is 0 Å². The number of benzene rings is 1. The highest BCUT2D eigenvalue weighted by Crippen LogP contribution is 2.13. The molecule has 0 saturated carbocycles. The van der Waals surface area contributed by atoms with Gasteiger partial charge in [0.05, 0.1) is 0 Å². The van der Waals surface area contributed by atoms with E-state index >= 15 is 0 Å². The van der Waals surface area contributed by atoms with Crippen LogP contribution in [0.25, 0.3) is 0 Å². The molecule has 15 heavy (non-hydrogen) atoms. The van der Waals surface area contributed by atoms with Gasteiger partial charge in [0, 0.05) is 0 Å². The first kappa shape index (κ1) is 11.8. The minimum absolute atomic E-state index is 0.175. The number of hydrogen-bond acceptors (Lipinski definition) is 3. The van der Waals surface area contributed by atoms with E-state index in [4.69, 9.17) is 0 Å². The zero-order valence-electron chi connectivity index (χ0n) is 8.80. The molecule has 0 radical (unpaired) electrons. The molecule has 0 unspecified atom stereocenters. The Morgan fingerprint density at radius 1 is 1.27 bits per heavy atom. The normalized spacial score (nSPS) is 11.9. The van der Waals surface area contributed by atoms with Crippen LogP contribution in [0.1, 0.15) is 18.9 Å². The summed E-state index contributed by atoms with van der Waals surface area (Å²) in [5, 5.41) is 0. The van der Waals surface area contributed by atoms with Crippen LogP contribution in [0.15, 0.2) is 41.5 Å². The van der Waals surface area contributed by atoms with Gasteiger partial charge in [-0.25, -0.2) is 0 Å². The van der Waals surface area contributed by atoms with Crippen molar-refractivity contribution < 1.29 is 12.6 Å². The van der Waals surface area contributed by atoms with E-state index in [-0.39, 0.29) is 4.90 Å². The lowest BCUT2D eigenvalue weighted by Crippen LogP contribution is -2.01. The van der Waals surface area contributed by atoms with Crippen molar-refractivity contribution in [1.82, 2.24) is 0 Å². The van der Waals surface area contributed by atoms with Crippen LogP contribution in [0.5, 0.6) is 0 Å². The molecule has 0 bridgehead atoms. The van der Waals surface area contributed by atoms with E-state index in [1.165, 1.54) is 18.4 Å². The average molecular weight is 226 g/mol. The first-order valence-corrected chi connectivity index (χ1v) is 6.12. The highest BCUT2D eigenvalue weighted by Gasteiger charge is 2.12. The van der Waals surface area contributed by atoms with Crippen LogP contribution in [-0.4, -0.2) is 8.42 Å². The van der Waals surface area contributed by atoms with Crippen molar-refractivity contribution in [2.45, 2.75) is 25.2 Å². The van der Waals surface area contributed by atoms with Crippen LogP contribution in [-0.2, 0) is 14.3 Å². The fourth-order valence-electron chi connectivity index (χ4n) is 0.969. The first-order chi connectivity index (χ1) is 7.06. The molecule has 1 aromatic carbocycles. The summed E-state index contributed by atoms with van der Waals surface area (Å²) < 4.78 is 27.8. The first-order valence-electron chi connectivity index (χ1n) is 4.71. The molecule has 1 aromatic rings. The monoisotopic (exact) mass is 226 g/mol. The van der Waals surface area contributed by atoms with E-state index in [0.717, 1.165) is 12.0 Å². The minimum atomic E-state index is -3.64. The predicted molar refractivity (Wildman–Crippen MR) is 58.9 cm³/mol. The molecule has 0 aliphatic rings. The standard InChI is InChI=1S/C11H14O3S/c1-3-4-9-14-15(12,13)11-7-5-10(2)6-8-11/h4-9H,3H2,1-2H3/b9-4+. The van der Waals surface area contributed by atoms with Crippen LogP contribution < -0.4 is 0 Å². The molecule has 0 saturated heterocycles. The third-order valence-electron chi connectivity index (χ3n) is 1.82. The van der Waals surface area contributed by atoms with Gasteiger partial charge in [0.2, 0.25) is 0 Å². The molecule has 1 rings (SSSR count). The topological polar surface area (TPSA) is 43.4 Å². The lowest BCUT2D eigenvalue weighted by atomic mass is 10.2. The van der Waals surface area contributed by atoms with Gasteiger partial charge >= 0.3 is 10.1 Å². The van der Waals surface area contributed by atoms with Gasteiger partial charge < -0.3 is 4.18 Å². The summed E-state index contributed by atoms with van der Waals surface area (Å²) in [6, 6.07) is 6.54. The van der Waals surface area contributed by atoms with Gasteiger partial charge in [-0.15, -0.1) is 0 Å². The molecular formula is C11H14O3S. The van der Waals surface area contributed by atoms with E-state index in [1.807, 2.05) is 13.8 Å². The summed E-state index contributed by atoms with van der Waals surface area (Å²) in [6.45, 7) is 3.80. The molecule has 0 aliphatic carbocycles. The van der Waals surface area contributed by atoms with Crippen molar-refractivity contribution in [2.75, 3.05) is 0 Å². The Hall–Kier alpha value is -1.29. The average Bonchev–Trinajstić information content (AvgIpc) is 2.18. The number of hydrogen-bond donors (Lipinski definition) is 0. The molecular weight excluding hydrogens is 212 g/mol. The van der Waals surface area contributed by atoms with Crippen LogP contribution in [0.3, 0.4) is 0 Å². The molecule has 0 aliphatic heterocycles. The third kappa shape index (κ3) is 3.40. The fraction of sp³-hybridized carbons (Fsp3) is 0.273. The highest BCUT2D eigenvalue weighted by molar-refractivity contribution is 7.86. The lowest BCUT2D eigenvalue weighted by Gasteiger charge is -2.02. The summed E-state index contributed by atoms with van der Waals surface area (Å²) in [5.74, 6) is 0. The molecule has 0 amide bonds. The van der Waals surface area contributed by atoms with Gasteiger partial charge in [-0.3, -0.25) is 0 Å². The SMILES string of the molecule is CC/C=C/OS(=O)(=O)c1ccc(C)cc1. The lowest BCUT2D eigenvalue weighted by molar-refractivity contribution is 0.442. The minimum Gasteiger partial charge on any atom is -0.387 e. The van der Waals surface area contributed by atoms with Crippen LogP contribution >= 0.6 is 0 Å². The summed E-state index contributed by atoms with van der Waals surface area (Å²) in [4.78, 5) is 0.175. The van der Waals surface area contributed by atoms with Gasteiger partial charge in [0.15, 0.2) is 0 Å². The number of rotatable bonds is 4. The van der Waals surface area contributed by atoms with Crippen molar-refractivity contribution in [2.24, 2.45) is 0 Å². The second-order valence-electron chi connectivity index (χ2n) is 3.14. The second-order valence-corrected chi connectivity index (χ2v) is 4.72. The Bertz CT molecular complexity index is 429. The molecule has 0 heterocycles. The van der Waals surface area contributed by atoms with Crippen LogP contribution in [0, 0.1) is 6.92 Å². The van der Waals surface area contributed by atoms with E-state index in [2.05, 4.69) is 4.18 Å². The smallest absolute Gasteiger partial charge is 0.338 e.